The highest BCUT2D eigenvalue weighted by molar-refractivity contribution is 5.32. The van der Waals surface area contributed by atoms with E-state index >= 15 is 0 Å². The van der Waals surface area contributed by atoms with Crippen molar-refractivity contribution < 1.29 is 9.47 Å². The summed E-state index contributed by atoms with van der Waals surface area (Å²) in [6.45, 7) is 2.15. The smallest absolute Gasteiger partial charge is 0.136 e. The molecule has 0 radical (unpaired) electrons. The zero-order valence-electron chi connectivity index (χ0n) is 9.19. The standard InChI is InChI=1S/C13H16O2/c1-3-13(9-4-10-15-13)11-5-7-12(14-2)8-6-11/h4-8,10H,3,9H2,1-2H3/t13-/m1/s1. The summed E-state index contributed by atoms with van der Waals surface area (Å²) in [6.07, 6.45) is 5.81. The summed E-state index contributed by atoms with van der Waals surface area (Å²) < 4.78 is 10.9. The molecule has 0 amide bonds. The number of ether oxygens (including phenoxy) is 2. The van der Waals surface area contributed by atoms with Crippen LogP contribution in [-0.4, -0.2) is 7.11 Å². The summed E-state index contributed by atoms with van der Waals surface area (Å²) in [5.74, 6) is 0.885. The van der Waals surface area contributed by atoms with Gasteiger partial charge in [0.25, 0.3) is 0 Å². The lowest BCUT2D eigenvalue weighted by Crippen LogP contribution is -2.23. The molecule has 1 aromatic rings. The topological polar surface area (TPSA) is 18.5 Å². The first-order valence-corrected chi connectivity index (χ1v) is 5.28. The Balaban J connectivity index is 2.27. The van der Waals surface area contributed by atoms with E-state index in [2.05, 4.69) is 25.1 Å². The lowest BCUT2D eigenvalue weighted by atomic mass is 9.89. The summed E-state index contributed by atoms with van der Waals surface area (Å²) in [6, 6.07) is 8.12. The number of benzene rings is 1. The highest BCUT2D eigenvalue weighted by atomic mass is 16.5. The maximum atomic E-state index is 5.73. The molecule has 2 nitrogen and oxygen atoms in total. The van der Waals surface area contributed by atoms with Gasteiger partial charge in [-0.15, -0.1) is 0 Å². The van der Waals surface area contributed by atoms with Gasteiger partial charge in [0.15, 0.2) is 0 Å². The van der Waals surface area contributed by atoms with Crippen LogP contribution >= 0.6 is 0 Å². The number of rotatable bonds is 3. The Kier molecular flexibility index (Phi) is 2.67. The largest absolute Gasteiger partial charge is 0.497 e. The van der Waals surface area contributed by atoms with Crippen LogP contribution in [0.15, 0.2) is 36.6 Å². The molecule has 1 aliphatic heterocycles. The molecule has 0 aromatic heterocycles. The summed E-state index contributed by atoms with van der Waals surface area (Å²) in [7, 11) is 1.68. The molecule has 1 aliphatic rings. The molecule has 1 atom stereocenters. The van der Waals surface area contributed by atoms with E-state index in [1.807, 2.05) is 12.1 Å². The third-order valence-corrected chi connectivity index (χ3v) is 3.02. The number of hydrogen-bond donors (Lipinski definition) is 0. The highest BCUT2D eigenvalue weighted by Gasteiger charge is 2.33. The average molecular weight is 204 g/mol. The van der Waals surface area contributed by atoms with Gasteiger partial charge < -0.3 is 9.47 Å². The van der Waals surface area contributed by atoms with Gasteiger partial charge >= 0.3 is 0 Å². The van der Waals surface area contributed by atoms with Crippen molar-refractivity contribution in [1.29, 1.82) is 0 Å². The van der Waals surface area contributed by atoms with Crippen LogP contribution in [0.25, 0.3) is 0 Å². The van der Waals surface area contributed by atoms with Gasteiger partial charge in [-0.2, -0.15) is 0 Å². The Morgan fingerprint density at radius 1 is 1.33 bits per heavy atom. The van der Waals surface area contributed by atoms with Crippen LogP contribution in [-0.2, 0) is 10.3 Å². The second-order valence-electron chi connectivity index (χ2n) is 3.77. The molecule has 2 rings (SSSR count). The van der Waals surface area contributed by atoms with Crippen LogP contribution in [0.5, 0.6) is 5.75 Å². The van der Waals surface area contributed by atoms with Crippen molar-refractivity contribution in [3.8, 4) is 5.75 Å². The maximum absolute atomic E-state index is 5.73. The minimum Gasteiger partial charge on any atom is -0.497 e. The Labute approximate surface area is 90.5 Å². The molecule has 1 aromatic carbocycles. The monoisotopic (exact) mass is 204 g/mol. The summed E-state index contributed by atoms with van der Waals surface area (Å²) in [5, 5.41) is 0. The van der Waals surface area contributed by atoms with E-state index in [9.17, 15) is 0 Å². The zero-order chi connectivity index (χ0) is 10.7. The molecule has 0 bridgehead atoms. The molecular weight excluding hydrogens is 188 g/mol. The van der Waals surface area contributed by atoms with Crippen molar-refractivity contribution in [2.45, 2.75) is 25.4 Å². The van der Waals surface area contributed by atoms with Crippen molar-refractivity contribution in [1.82, 2.24) is 0 Å². The predicted molar refractivity (Wildman–Crippen MR) is 59.8 cm³/mol. The Bertz CT molecular complexity index is 343. The number of hydrogen-bond acceptors (Lipinski definition) is 2. The molecule has 1 heterocycles. The molecule has 15 heavy (non-hydrogen) atoms. The van der Waals surface area contributed by atoms with E-state index in [4.69, 9.17) is 9.47 Å². The molecule has 0 N–H and O–H groups in total. The quantitative estimate of drug-likeness (QED) is 0.752. The first kappa shape index (κ1) is 10.1. The van der Waals surface area contributed by atoms with Crippen LogP contribution in [0.2, 0.25) is 0 Å². The second-order valence-corrected chi connectivity index (χ2v) is 3.77. The maximum Gasteiger partial charge on any atom is 0.136 e. The van der Waals surface area contributed by atoms with Gasteiger partial charge in [-0.3, -0.25) is 0 Å². The molecule has 0 fully saturated rings. The molecule has 0 unspecified atom stereocenters. The first-order chi connectivity index (χ1) is 7.30. The molecule has 80 valence electrons. The van der Waals surface area contributed by atoms with Gasteiger partial charge in [0.05, 0.1) is 13.4 Å². The highest BCUT2D eigenvalue weighted by Crippen LogP contribution is 2.38. The van der Waals surface area contributed by atoms with Gasteiger partial charge in [-0.25, -0.2) is 0 Å². The minimum atomic E-state index is -0.147. The normalized spacial score (nSPS) is 23.9. The van der Waals surface area contributed by atoms with E-state index in [0.29, 0.717) is 0 Å². The van der Waals surface area contributed by atoms with Crippen molar-refractivity contribution in [2.24, 2.45) is 0 Å². The molecule has 0 aliphatic carbocycles. The van der Waals surface area contributed by atoms with Gasteiger partial charge in [-0.1, -0.05) is 19.1 Å². The van der Waals surface area contributed by atoms with Gasteiger partial charge in [0, 0.05) is 6.42 Å². The third kappa shape index (κ3) is 1.72. The fraction of sp³-hybridized carbons (Fsp3) is 0.385. The summed E-state index contributed by atoms with van der Waals surface area (Å²) >= 11 is 0. The van der Waals surface area contributed by atoms with E-state index in [1.165, 1.54) is 5.56 Å². The first-order valence-electron chi connectivity index (χ1n) is 5.28. The van der Waals surface area contributed by atoms with Crippen LogP contribution in [0.1, 0.15) is 25.3 Å². The zero-order valence-corrected chi connectivity index (χ0v) is 9.19. The summed E-state index contributed by atoms with van der Waals surface area (Å²) in [4.78, 5) is 0. The van der Waals surface area contributed by atoms with Crippen LogP contribution in [0.4, 0.5) is 0 Å². The van der Waals surface area contributed by atoms with E-state index < -0.39 is 0 Å². The van der Waals surface area contributed by atoms with E-state index in [-0.39, 0.29) is 5.60 Å². The van der Waals surface area contributed by atoms with Gasteiger partial charge in [0.2, 0.25) is 0 Å². The van der Waals surface area contributed by atoms with Crippen molar-refractivity contribution in [2.75, 3.05) is 7.11 Å². The van der Waals surface area contributed by atoms with Crippen LogP contribution in [0.3, 0.4) is 0 Å². The molecule has 0 saturated heterocycles. The molecule has 0 spiro atoms. The Morgan fingerprint density at radius 3 is 2.53 bits per heavy atom. The lowest BCUT2D eigenvalue weighted by Gasteiger charge is -2.27. The SMILES string of the molecule is CC[C@]1(c2ccc(OC)cc2)CC=CO1. The van der Waals surface area contributed by atoms with E-state index in [1.54, 1.807) is 13.4 Å². The van der Waals surface area contributed by atoms with Crippen molar-refractivity contribution >= 4 is 0 Å². The summed E-state index contributed by atoms with van der Waals surface area (Å²) in [5.41, 5.74) is 1.07. The van der Waals surface area contributed by atoms with Crippen molar-refractivity contribution in [3.05, 3.63) is 42.2 Å². The minimum absolute atomic E-state index is 0.147. The Hall–Kier alpha value is -1.44. The molecule has 2 heteroatoms. The van der Waals surface area contributed by atoms with Crippen molar-refractivity contribution in [3.63, 3.8) is 0 Å². The Morgan fingerprint density at radius 2 is 2.07 bits per heavy atom. The van der Waals surface area contributed by atoms with Crippen LogP contribution in [0, 0.1) is 0 Å². The fourth-order valence-corrected chi connectivity index (χ4v) is 1.98. The van der Waals surface area contributed by atoms with Gasteiger partial charge in [0.1, 0.15) is 11.4 Å². The molecule has 0 saturated carbocycles. The third-order valence-electron chi connectivity index (χ3n) is 3.02. The van der Waals surface area contributed by atoms with Crippen LogP contribution < -0.4 is 4.74 Å². The average Bonchev–Trinajstić information content (AvgIpc) is 2.79. The van der Waals surface area contributed by atoms with Gasteiger partial charge in [-0.05, 0) is 30.2 Å². The fourth-order valence-electron chi connectivity index (χ4n) is 1.98. The van der Waals surface area contributed by atoms with E-state index in [0.717, 1.165) is 18.6 Å². The second kappa shape index (κ2) is 3.97. The predicted octanol–water partition coefficient (Wildman–Crippen LogP) is 3.23. The lowest BCUT2D eigenvalue weighted by molar-refractivity contribution is 0.0372. The number of methoxy groups -OCH3 is 1. The molecular formula is C13H16O2.